The predicted octanol–water partition coefficient (Wildman–Crippen LogP) is 2.29. The van der Waals surface area contributed by atoms with Crippen LogP contribution in [-0.4, -0.2) is 48.4 Å². The fourth-order valence-electron chi connectivity index (χ4n) is 3.21. The molecule has 1 heterocycles. The van der Waals surface area contributed by atoms with Crippen molar-refractivity contribution >= 4 is 29.2 Å². The number of rotatable bonds is 7. The second-order valence-corrected chi connectivity index (χ2v) is 7.56. The summed E-state index contributed by atoms with van der Waals surface area (Å²) in [6, 6.07) is 6.45. The van der Waals surface area contributed by atoms with Gasteiger partial charge >= 0.3 is 6.03 Å². The first-order valence-corrected chi connectivity index (χ1v) is 9.80. The maximum absolute atomic E-state index is 11.9. The van der Waals surface area contributed by atoms with E-state index in [9.17, 15) is 14.7 Å². The van der Waals surface area contributed by atoms with Crippen molar-refractivity contribution in [1.29, 1.82) is 0 Å². The molecular formula is C19H26ClN3O4. The van der Waals surface area contributed by atoms with E-state index < -0.39 is 6.10 Å². The zero-order valence-corrected chi connectivity index (χ0v) is 15.9. The number of anilines is 1. The van der Waals surface area contributed by atoms with Gasteiger partial charge in [-0.05, 0) is 56.4 Å². The van der Waals surface area contributed by atoms with Gasteiger partial charge in [0, 0.05) is 23.2 Å². The van der Waals surface area contributed by atoms with E-state index in [1.807, 2.05) is 0 Å². The molecule has 8 heteroatoms. The molecule has 0 spiro atoms. The fourth-order valence-corrected chi connectivity index (χ4v) is 3.34. The molecule has 27 heavy (non-hydrogen) atoms. The Morgan fingerprint density at radius 1 is 1.15 bits per heavy atom. The standard InChI is InChI=1S/C19H26ClN3O4/c20-13-3-5-14(6-4-13)22-19(26)21-10-9-15-7-8-16(17(11-24)27-15)23-18(25)12-1-2-12/h3-6,12,15-17,24H,1-2,7-11H2,(H,23,25)(H2,21,22,26)/t15-,16+,17+/m1/s1. The maximum Gasteiger partial charge on any atom is 0.319 e. The summed E-state index contributed by atoms with van der Waals surface area (Å²) in [5.74, 6) is 0.214. The number of benzene rings is 1. The minimum absolute atomic E-state index is 0.0490. The number of hydrogen-bond acceptors (Lipinski definition) is 4. The van der Waals surface area contributed by atoms with Gasteiger partial charge < -0.3 is 25.8 Å². The number of carbonyl (C=O) groups excluding carboxylic acids is 2. The first-order chi connectivity index (χ1) is 13.0. The Labute approximate surface area is 163 Å². The number of ether oxygens (including phenoxy) is 1. The summed E-state index contributed by atoms with van der Waals surface area (Å²) >= 11 is 5.81. The van der Waals surface area contributed by atoms with E-state index in [1.54, 1.807) is 24.3 Å². The van der Waals surface area contributed by atoms with Gasteiger partial charge in [0.05, 0.1) is 18.8 Å². The van der Waals surface area contributed by atoms with Gasteiger partial charge in [0.15, 0.2) is 0 Å². The van der Waals surface area contributed by atoms with Crippen LogP contribution in [0.3, 0.4) is 0 Å². The molecule has 1 saturated carbocycles. The van der Waals surface area contributed by atoms with E-state index in [2.05, 4.69) is 16.0 Å². The maximum atomic E-state index is 11.9. The van der Waals surface area contributed by atoms with E-state index in [0.717, 1.165) is 25.7 Å². The van der Waals surface area contributed by atoms with Crippen LogP contribution in [0.15, 0.2) is 24.3 Å². The first-order valence-electron chi connectivity index (χ1n) is 9.42. The van der Waals surface area contributed by atoms with Gasteiger partial charge in [-0.1, -0.05) is 11.6 Å². The summed E-state index contributed by atoms with van der Waals surface area (Å²) in [6.45, 7) is 0.331. The van der Waals surface area contributed by atoms with Gasteiger partial charge in [-0.3, -0.25) is 4.79 Å². The second-order valence-electron chi connectivity index (χ2n) is 7.12. The molecule has 3 amide bonds. The normalized spacial score (nSPS) is 24.9. The van der Waals surface area contributed by atoms with E-state index in [4.69, 9.17) is 16.3 Å². The van der Waals surface area contributed by atoms with Crippen LogP contribution in [0.1, 0.15) is 32.1 Å². The average Bonchev–Trinajstić information content (AvgIpc) is 3.50. The molecule has 2 aliphatic rings. The Balaban J connectivity index is 1.36. The van der Waals surface area contributed by atoms with Crippen molar-refractivity contribution in [1.82, 2.24) is 10.6 Å². The molecule has 1 aliphatic carbocycles. The van der Waals surface area contributed by atoms with Crippen LogP contribution < -0.4 is 16.0 Å². The molecule has 1 saturated heterocycles. The van der Waals surface area contributed by atoms with Gasteiger partial charge in [0.2, 0.25) is 5.91 Å². The van der Waals surface area contributed by atoms with Crippen molar-refractivity contribution in [3.63, 3.8) is 0 Å². The Kier molecular flexibility index (Phi) is 6.93. The largest absolute Gasteiger partial charge is 0.394 e. The molecule has 3 atom stereocenters. The van der Waals surface area contributed by atoms with Crippen LogP contribution in [0, 0.1) is 5.92 Å². The smallest absolute Gasteiger partial charge is 0.319 e. The summed E-state index contributed by atoms with van der Waals surface area (Å²) in [4.78, 5) is 23.8. The molecule has 1 aliphatic heterocycles. The third-order valence-electron chi connectivity index (χ3n) is 4.93. The summed E-state index contributed by atoms with van der Waals surface area (Å²) in [5.41, 5.74) is 0.667. The number of nitrogens with one attached hydrogen (secondary N) is 3. The number of hydrogen-bond donors (Lipinski definition) is 4. The van der Waals surface area contributed by atoms with E-state index >= 15 is 0 Å². The number of amides is 3. The number of urea groups is 1. The van der Waals surface area contributed by atoms with Crippen LogP contribution in [-0.2, 0) is 9.53 Å². The Hall–Kier alpha value is -1.83. The SMILES string of the molecule is O=C(NCC[C@H]1CC[C@H](NC(=O)C2CC2)[C@H](CO)O1)Nc1ccc(Cl)cc1. The third-order valence-corrected chi connectivity index (χ3v) is 5.18. The van der Waals surface area contributed by atoms with E-state index in [-0.39, 0.29) is 36.6 Å². The minimum Gasteiger partial charge on any atom is -0.394 e. The Bertz CT molecular complexity index is 651. The minimum atomic E-state index is -0.394. The molecule has 0 radical (unpaired) electrons. The molecule has 0 unspecified atom stereocenters. The Morgan fingerprint density at radius 2 is 1.89 bits per heavy atom. The highest BCUT2D eigenvalue weighted by atomic mass is 35.5. The predicted molar refractivity (Wildman–Crippen MR) is 103 cm³/mol. The number of halogens is 1. The van der Waals surface area contributed by atoms with Gasteiger partial charge in [-0.15, -0.1) is 0 Å². The fraction of sp³-hybridized carbons (Fsp3) is 0.579. The first kappa shape index (κ1) is 19.9. The second kappa shape index (κ2) is 9.39. The highest BCUT2D eigenvalue weighted by Gasteiger charge is 2.36. The quantitative estimate of drug-likeness (QED) is 0.569. The molecule has 0 aromatic heterocycles. The van der Waals surface area contributed by atoms with Gasteiger partial charge in [-0.2, -0.15) is 0 Å². The monoisotopic (exact) mass is 395 g/mol. The van der Waals surface area contributed by atoms with Crippen molar-refractivity contribution in [2.45, 2.75) is 50.4 Å². The van der Waals surface area contributed by atoms with Crippen LogP contribution in [0.5, 0.6) is 0 Å². The van der Waals surface area contributed by atoms with Crippen molar-refractivity contribution in [2.24, 2.45) is 5.92 Å². The topological polar surface area (TPSA) is 99.7 Å². The number of carbonyl (C=O) groups is 2. The molecule has 2 fully saturated rings. The summed E-state index contributed by atoms with van der Waals surface area (Å²) in [7, 11) is 0. The molecule has 1 aromatic rings. The lowest BCUT2D eigenvalue weighted by molar-refractivity contribution is -0.129. The summed E-state index contributed by atoms with van der Waals surface area (Å²) in [5, 5.41) is 18.7. The molecule has 148 valence electrons. The van der Waals surface area contributed by atoms with Crippen molar-refractivity contribution < 1.29 is 19.4 Å². The van der Waals surface area contributed by atoms with Crippen LogP contribution in [0.2, 0.25) is 5.02 Å². The van der Waals surface area contributed by atoms with Gasteiger partial charge in [0.25, 0.3) is 0 Å². The zero-order valence-electron chi connectivity index (χ0n) is 15.1. The molecule has 4 N–H and O–H groups in total. The molecule has 3 rings (SSSR count). The number of aliphatic hydroxyl groups is 1. The van der Waals surface area contributed by atoms with Crippen molar-refractivity contribution in [2.75, 3.05) is 18.5 Å². The van der Waals surface area contributed by atoms with Crippen molar-refractivity contribution in [3.05, 3.63) is 29.3 Å². The molecular weight excluding hydrogens is 370 g/mol. The van der Waals surface area contributed by atoms with Gasteiger partial charge in [0.1, 0.15) is 6.10 Å². The lowest BCUT2D eigenvalue weighted by Gasteiger charge is -2.36. The molecule has 0 bridgehead atoms. The Morgan fingerprint density at radius 3 is 2.56 bits per heavy atom. The molecule has 1 aromatic carbocycles. The van der Waals surface area contributed by atoms with Crippen LogP contribution in [0.4, 0.5) is 10.5 Å². The van der Waals surface area contributed by atoms with E-state index in [1.165, 1.54) is 0 Å². The summed E-state index contributed by atoms with van der Waals surface area (Å²) in [6.07, 6.45) is 3.66. The molecule has 7 nitrogen and oxygen atoms in total. The van der Waals surface area contributed by atoms with Crippen LogP contribution >= 0.6 is 11.6 Å². The number of aliphatic hydroxyl groups excluding tert-OH is 1. The highest BCUT2D eigenvalue weighted by Crippen LogP contribution is 2.30. The highest BCUT2D eigenvalue weighted by molar-refractivity contribution is 6.30. The lowest BCUT2D eigenvalue weighted by atomic mass is 9.97. The van der Waals surface area contributed by atoms with Crippen molar-refractivity contribution in [3.8, 4) is 0 Å². The van der Waals surface area contributed by atoms with E-state index in [0.29, 0.717) is 23.7 Å². The van der Waals surface area contributed by atoms with Crippen LogP contribution in [0.25, 0.3) is 0 Å². The summed E-state index contributed by atoms with van der Waals surface area (Å²) < 4.78 is 5.91. The third kappa shape index (κ3) is 6.09. The zero-order chi connectivity index (χ0) is 19.2. The van der Waals surface area contributed by atoms with Gasteiger partial charge in [-0.25, -0.2) is 4.79 Å². The average molecular weight is 396 g/mol. The lowest BCUT2D eigenvalue weighted by Crippen LogP contribution is -2.51.